The Kier molecular flexibility index (Phi) is 3.68. The van der Waals surface area contributed by atoms with Crippen molar-refractivity contribution in [1.82, 2.24) is 20.0 Å². The van der Waals surface area contributed by atoms with Crippen LogP contribution in [0.2, 0.25) is 0 Å². The van der Waals surface area contributed by atoms with Crippen LogP contribution in [-0.2, 0) is 11.8 Å². The average molecular weight is 344 g/mol. The van der Waals surface area contributed by atoms with E-state index in [9.17, 15) is 9.59 Å². The molecular weight excluding hydrogens is 324 g/mol. The number of hydrogen-bond acceptors (Lipinski definition) is 4. The van der Waals surface area contributed by atoms with Crippen molar-refractivity contribution in [2.75, 3.05) is 19.6 Å². The molecule has 24 heavy (non-hydrogen) atoms. The van der Waals surface area contributed by atoms with Crippen molar-refractivity contribution in [2.24, 2.45) is 12.5 Å². The van der Waals surface area contributed by atoms with E-state index in [1.54, 1.807) is 20.9 Å². The minimum Gasteiger partial charge on any atom is -0.356 e. The smallest absolute Gasteiger partial charge is 0.274 e. The molecule has 0 saturated carbocycles. The summed E-state index contributed by atoms with van der Waals surface area (Å²) in [6.45, 7) is 1.87. The molecule has 1 N–H and O–H groups in total. The molecule has 1 spiro atoms. The van der Waals surface area contributed by atoms with Crippen LogP contribution in [0.1, 0.15) is 29.8 Å². The molecule has 2 fully saturated rings. The molecule has 2 amide bonds. The van der Waals surface area contributed by atoms with Crippen molar-refractivity contribution < 1.29 is 9.59 Å². The van der Waals surface area contributed by atoms with E-state index in [-0.39, 0.29) is 17.2 Å². The Morgan fingerprint density at radius 2 is 2.29 bits per heavy atom. The lowest BCUT2D eigenvalue weighted by Crippen LogP contribution is -2.47. The Labute approximate surface area is 144 Å². The summed E-state index contributed by atoms with van der Waals surface area (Å²) in [5.74, 6) is 0.0213. The Balaban J connectivity index is 1.55. The quantitative estimate of drug-likeness (QED) is 0.905. The van der Waals surface area contributed by atoms with Crippen molar-refractivity contribution in [3.8, 4) is 10.6 Å². The lowest BCUT2D eigenvalue weighted by molar-refractivity contribution is -0.132. The van der Waals surface area contributed by atoms with E-state index < -0.39 is 0 Å². The number of nitrogens with one attached hydrogen (secondary N) is 1. The topological polar surface area (TPSA) is 67.2 Å². The summed E-state index contributed by atoms with van der Waals surface area (Å²) in [4.78, 5) is 28.0. The van der Waals surface area contributed by atoms with Gasteiger partial charge in [0.2, 0.25) is 5.91 Å². The second-order valence-corrected chi connectivity index (χ2v) is 7.58. The molecule has 7 heteroatoms. The molecule has 6 nitrogen and oxygen atoms in total. The van der Waals surface area contributed by atoms with Gasteiger partial charge >= 0.3 is 0 Å². The van der Waals surface area contributed by atoms with Gasteiger partial charge in [0.15, 0.2) is 5.69 Å². The maximum Gasteiger partial charge on any atom is 0.274 e. The molecule has 4 heterocycles. The number of carbonyl (C=O) groups is 2. The Bertz CT molecular complexity index is 783. The molecule has 4 rings (SSSR count). The second kappa shape index (κ2) is 5.73. The number of aromatic nitrogens is 2. The van der Waals surface area contributed by atoms with Gasteiger partial charge in [0.05, 0.1) is 16.0 Å². The number of amides is 2. The van der Waals surface area contributed by atoms with Gasteiger partial charge in [-0.1, -0.05) is 6.07 Å². The van der Waals surface area contributed by atoms with Crippen LogP contribution in [0.4, 0.5) is 0 Å². The Morgan fingerprint density at radius 3 is 3.04 bits per heavy atom. The standard InChI is InChI=1S/C17H20N4O2S/c1-20-13(14-4-2-9-24-14)10-12(19-20)15(22)21-8-6-17(11-21)5-3-7-18-16(17)23/h2,4,9-10H,3,5-8,11H2,1H3,(H,18,23)/t17-/m1/s1. The largest absolute Gasteiger partial charge is 0.356 e. The highest BCUT2D eigenvalue weighted by molar-refractivity contribution is 7.13. The maximum absolute atomic E-state index is 12.8. The van der Waals surface area contributed by atoms with E-state index in [4.69, 9.17) is 0 Å². The highest BCUT2D eigenvalue weighted by atomic mass is 32.1. The minimum atomic E-state index is -0.390. The van der Waals surface area contributed by atoms with Crippen molar-refractivity contribution in [1.29, 1.82) is 0 Å². The molecule has 2 saturated heterocycles. The zero-order valence-electron chi connectivity index (χ0n) is 13.6. The number of hydrogen-bond donors (Lipinski definition) is 1. The summed E-state index contributed by atoms with van der Waals surface area (Å²) >= 11 is 1.63. The van der Waals surface area contributed by atoms with E-state index >= 15 is 0 Å². The normalized spacial score (nSPS) is 23.7. The summed E-state index contributed by atoms with van der Waals surface area (Å²) in [6, 6.07) is 5.85. The molecule has 2 aromatic rings. The molecule has 0 aliphatic carbocycles. The summed E-state index contributed by atoms with van der Waals surface area (Å²) in [5.41, 5.74) is 1.01. The third-order valence-electron chi connectivity index (χ3n) is 5.11. The van der Waals surface area contributed by atoms with Crippen molar-refractivity contribution >= 4 is 23.2 Å². The van der Waals surface area contributed by atoms with Gasteiger partial charge in [0, 0.05) is 26.7 Å². The van der Waals surface area contributed by atoms with Gasteiger partial charge in [0.1, 0.15) is 0 Å². The third kappa shape index (κ3) is 2.43. The van der Waals surface area contributed by atoms with E-state index in [0.717, 1.165) is 36.4 Å². The molecule has 2 aliphatic rings. The molecular formula is C17H20N4O2S. The van der Waals surface area contributed by atoms with E-state index in [0.29, 0.717) is 18.8 Å². The number of rotatable bonds is 2. The molecule has 0 aromatic carbocycles. The number of nitrogens with zero attached hydrogens (tertiary/aromatic N) is 3. The van der Waals surface area contributed by atoms with E-state index in [1.165, 1.54) is 0 Å². The zero-order valence-corrected chi connectivity index (χ0v) is 14.4. The molecule has 2 aliphatic heterocycles. The molecule has 0 unspecified atom stereocenters. The van der Waals surface area contributed by atoms with Gasteiger partial charge in [-0.2, -0.15) is 5.10 Å². The van der Waals surface area contributed by atoms with Crippen LogP contribution in [0, 0.1) is 5.41 Å². The fourth-order valence-corrected chi connectivity index (χ4v) is 4.53. The van der Waals surface area contributed by atoms with Gasteiger partial charge in [-0.15, -0.1) is 11.3 Å². The van der Waals surface area contributed by atoms with E-state index in [1.807, 2.05) is 30.6 Å². The fourth-order valence-electron chi connectivity index (χ4n) is 3.75. The lowest BCUT2D eigenvalue weighted by atomic mass is 9.79. The van der Waals surface area contributed by atoms with Gasteiger partial charge in [-0.3, -0.25) is 14.3 Å². The first-order chi connectivity index (χ1) is 11.6. The highest BCUT2D eigenvalue weighted by Gasteiger charge is 2.47. The molecule has 126 valence electrons. The third-order valence-corrected chi connectivity index (χ3v) is 6.01. The number of thiophene rings is 1. The first-order valence-corrected chi connectivity index (χ1v) is 9.13. The summed E-state index contributed by atoms with van der Waals surface area (Å²) < 4.78 is 1.75. The first kappa shape index (κ1) is 15.4. The van der Waals surface area contributed by atoms with Crippen LogP contribution in [0.25, 0.3) is 10.6 Å². The number of carbonyl (C=O) groups excluding carboxylic acids is 2. The number of aryl methyl sites for hydroxylation is 1. The van der Waals surface area contributed by atoms with Crippen LogP contribution in [0.5, 0.6) is 0 Å². The van der Waals surface area contributed by atoms with Gasteiger partial charge in [-0.25, -0.2) is 0 Å². The van der Waals surface area contributed by atoms with Crippen LogP contribution in [-0.4, -0.2) is 46.1 Å². The Hall–Kier alpha value is -2.15. The number of likely N-dealkylation sites (tertiary alicyclic amines) is 1. The van der Waals surface area contributed by atoms with Crippen molar-refractivity contribution in [2.45, 2.75) is 19.3 Å². The average Bonchev–Trinajstić information content (AvgIpc) is 3.30. The van der Waals surface area contributed by atoms with Crippen LogP contribution >= 0.6 is 11.3 Å². The maximum atomic E-state index is 12.8. The summed E-state index contributed by atoms with van der Waals surface area (Å²) in [7, 11) is 1.85. The van der Waals surface area contributed by atoms with Crippen LogP contribution in [0.3, 0.4) is 0 Å². The lowest BCUT2D eigenvalue weighted by Gasteiger charge is -2.31. The molecule has 2 aromatic heterocycles. The summed E-state index contributed by atoms with van der Waals surface area (Å²) in [5, 5.41) is 9.36. The van der Waals surface area contributed by atoms with Gasteiger partial charge in [0.25, 0.3) is 5.91 Å². The summed E-state index contributed by atoms with van der Waals surface area (Å²) in [6.07, 6.45) is 2.60. The SMILES string of the molecule is Cn1nc(C(=O)N2CC[C@]3(CCCNC3=O)C2)cc1-c1cccs1. The first-order valence-electron chi connectivity index (χ1n) is 8.25. The molecule has 0 radical (unpaired) electrons. The van der Waals surface area contributed by atoms with E-state index in [2.05, 4.69) is 10.4 Å². The molecule has 1 atom stereocenters. The number of piperidine rings is 1. The van der Waals surface area contributed by atoms with Gasteiger partial charge < -0.3 is 10.2 Å². The Morgan fingerprint density at radius 1 is 1.42 bits per heavy atom. The van der Waals surface area contributed by atoms with Crippen molar-refractivity contribution in [3.63, 3.8) is 0 Å². The highest BCUT2D eigenvalue weighted by Crippen LogP contribution is 2.38. The van der Waals surface area contributed by atoms with Crippen LogP contribution < -0.4 is 5.32 Å². The second-order valence-electron chi connectivity index (χ2n) is 6.63. The van der Waals surface area contributed by atoms with Gasteiger partial charge in [-0.05, 0) is 36.8 Å². The minimum absolute atomic E-state index is 0.0799. The monoisotopic (exact) mass is 344 g/mol. The van der Waals surface area contributed by atoms with Crippen molar-refractivity contribution in [3.05, 3.63) is 29.3 Å². The fraction of sp³-hybridized carbons (Fsp3) is 0.471. The zero-order chi connectivity index (χ0) is 16.7. The van der Waals surface area contributed by atoms with Crippen LogP contribution in [0.15, 0.2) is 23.6 Å². The predicted octanol–water partition coefficient (Wildman–Crippen LogP) is 1.89. The molecule has 0 bridgehead atoms. The predicted molar refractivity (Wildman–Crippen MR) is 91.7 cm³/mol.